The molecule has 5 aliphatic rings. The Balaban J connectivity index is 1.07. The lowest BCUT2D eigenvalue weighted by atomic mass is 9.57. The van der Waals surface area contributed by atoms with Gasteiger partial charge in [0.1, 0.15) is 5.82 Å². The van der Waals surface area contributed by atoms with Crippen molar-refractivity contribution in [2.24, 2.45) is 0 Å². The van der Waals surface area contributed by atoms with Crippen molar-refractivity contribution in [3.05, 3.63) is 208 Å². The summed E-state index contributed by atoms with van der Waals surface area (Å²) in [5.41, 5.74) is 33.8. The first-order valence-corrected chi connectivity index (χ1v) is 32.0. The smallest absolute Gasteiger partial charge is 0.198 e. The summed E-state index contributed by atoms with van der Waals surface area (Å²) in [5, 5.41) is 6.99. The second kappa shape index (κ2) is 17.4. The summed E-state index contributed by atoms with van der Waals surface area (Å²) >= 11 is 0. The third-order valence-corrected chi connectivity index (χ3v) is 22.4. The topological polar surface area (TPSA) is 34.8 Å². The second-order valence-corrected chi connectivity index (χ2v) is 31.4. The highest BCUT2D eigenvalue weighted by Gasteiger charge is 2.47. The minimum Gasteiger partial charge on any atom is -0.355 e. The number of hydrogen-bond acceptors (Lipinski definition) is 2. The van der Waals surface area contributed by atoms with E-state index in [2.05, 4.69) is 276 Å². The zero-order valence-corrected chi connectivity index (χ0v) is 53.4. The van der Waals surface area contributed by atoms with E-state index in [9.17, 15) is 0 Å². The van der Waals surface area contributed by atoms with Crippen LogP contribution in [0, 0.1) is 0 Å². The molecule has 1 aliphatic heterocycles. The molecule has 0 fully saturated rings. The molecule has 3 heterocycles. The van der Waals surface area contributed by atoms with Crippen LogP contribution < -0.4 is 16.2 Å². The van der Waals surface area contributed by atoms with Crippen molar-refractivity contribution in [2.45, 2.75) is 167 Å². The van der Waals surface area contributed by atoms with E-state index < -0.39 is 0 Å². The van der Waals surface area contributed by atoms with Crippen LogP contribution in [0.15, 0.2) is 158 Å². The Labute approximate surface area is 510 Å². The molecule has 2 aromatic heterocycles. The fourth-order valence-electron chi connectivity index (χ4n) is 17.1. The molecule has 1 N–H and O–H groups in total. The number of imidazole rings is 1. The van der Waals surface area contributed by atoms with Gasteiger partial charge in [-0.05, 0) is 203 Å². The molecule has 0 unspecified atom stereocenters. The molecule has 0 bridgehead atoms. The highest BCUT2D eigenvalue weighted by atomic mass is 15.1. The molecule has 0 saturated heterocycles. The van der Waals surface area contributed by atoms with Gasteiger partial charge in [-0.25, -0.2) is 4.98 Å². The van der Waals surface area contributed by atoms with Crippen molar-refractivity contribution in [2.75, 3.05) is 5.32 Å². The van der Waals surface area contributed by atoms with Crippen molar-refractivity contribution in [3.8, 4) is 56.1 Å². The largest absolute Gasteiger partial charge is 0.355 e. The van der Waals surface area contributed by atoms with Crippen molar-refractivity contribution >= 4 is 62.4 Å². The van der Waals surface area contributed by atoms with Gasteiger partial charge in [0.2, 0.25) is 0 Å². The third kappa shape index (κ3) is 7.39. The first-order chi connectivity index (χ1) is 40.7. The Morgan fingerprint density at radius 3 is 1.71 bits per heavy atom. The van der Waals surface area contributed by atoms with Crippen molar-refractivity contribution in [1.82, 2.24) is 14.1 Å². The fourth-order valence-corrected chi connectivity index (χ4v) is 17.1. The van der Waals surface area contributed by atoms with E-state index in [1.54, 1.807) is 0 Å². The van der Waals surface area contributed by atoms with Gasteiger partial charge in [0.25, 0.3) is 0 Å². The summed E-state index contributed by atoms with van der Waals surface area (Å²) in [7, 11) is 0.750. The summed E-state index contributed by atoms with van der Waals surface area (Å²) in [6, 6.07) is 61.2. The van der Waals surface area contributed by atoms with E-state index >= 15 is 0 Å². The maximum atomic E-state index is 5.65. The summed E-state index contributed by atoms with van der Waals surface area (Å²) in [6.45, 7) is 36.9. The Hall–Kier alpha value is -7.89. The van der Waals surface area contributed by atoms with Crippen molar-refractivity contribution < 1.29 is 0 Å². The Bertz CT molecular complexity index is 4760. The maximum absolute atomic E-state index is 5.65. The van der Waals surface area contributed by atoms with E-state index in [1.807, 2.05) is 0 Å². The number of fused-ring (bicyclic) bond motifs is 15. The van der Waals surface area contributed by atoms with Crippen LogP contribution in [0.1, 0.15) is 180 Å². The van der Waals surface area contributed by atoms with Gasteiger partial charge in [-0.1, -0.05) is 200 Å². The van der Waals surface area contributed by atoms with Crippen LogP contribution in [-0.2, 0) is 37.9 Å². The van der Waals surface area contributed by atoms with Gasteiger partial charge in [0, 0.05) is 61.0 Å². The molecule has 0 amide bonds. The van der Waals surface area contributed by atoms with Crippen LogP contribution in [0.2, 0.25) is 0 Å². The standard InChI is InChI=1S/C81H81BN4/c1-75(2,3)47-30-32-48(33-31-47)83-63-41-52-51-38-58-60(78(8,9)36-34-76(58,4)5)42-57(51)80(12,13)56(52)39-53(63)70-71-68(50-28-22-23-29-55(50)81(71,14)15)69-54-40-59-61(79(10,11)37-35-77(59,6)7)43-65(54)86-66-45-67-64(44-62(66)82-72(70)73(69)86)84-74(46-24-18-16-19-25-46)85(67)49-26-20-17-21-27-49/h16-33,38-45,82-83H,34-37H2,1-15H3. The lowest BCUT2D eigenvalue weighted by Crippen LogP contribution is -2.38. The Kier molecular flexibility index (Phi) is 10.9. The molecule has 86 heavy (non-hydrogen) atoms. The van der Waals surface area contributed by atoms with Crippen LogP contribution in [0.5, 0.6) is 0 Å². The lowest BCUT2D eigenvalue weighted by molar-refractivity contribution is 0.331. The predicted molar refractivity (Wildman–Crippen MR) is 367 cm³/mol. The SMILES string of the molecule is CC(C)(C)c1ccc(Nc2cc3c(cc2-c2c4c(c5c6cc7c(cc6n6c5c2Bc2cc5nc(-c8ccccc8)n(-c8ccccc8)c5cc2-6)C(C)(C)CCC7(C)C)-c2ccccc2C4(C)C)C(C)(C)c2cc4c(cc2-3)C(C)(C)CCC4(C)C)cc1. The summed E-state index contributed by atoms with van der Waals surface area (Å²) in [5.74, 6) is 0.950. The van der Waals surface area contributed by atoms with Gasteiger partial charge < -0.3 is 9.88 Å². The Morgan fingerprint density at radius 1 is 0.477 bits per heavy atom. The molecule has 5 heteroatoms. The molecular weight excluding hydrogens is 1040 g/mol. The van der Waals surface area contributed by atoms with Gasteiger partial charge in [-0.2, -0.15) is 0 Å². The van der Waals surface area contributed by atoms with Gasteiger partial charge in [-0.15, -0.1) is 0 Å². The molecule has 9 aromatic carbocycles. The summed E-state index contributed by atoms with van der Waals surface area (Å²) in [4.78, 5) is 5.65. The van der Waals surface area contributed by atoms with Crippen LogP contribution >= 0.6 is 0 Å². The van der Waals surface area contributed by atoms with E-state index in [1.165, 1.54) is 135 Å². The van der Waals surface area contributed by atoms with Gasteiger partial charge >= 0.3 is 0 Å². The van der Waals surface area contributed by atoms with E-state index in [-0.39, 0.29) is 37.9 Å². The number of para-hydroxylation sites is 1. The molecule has 0 saturated carbocycles. The van der Waals surface area contributed by atoms with Crippen molar-refractivity contribution in [1.29, 1.82) is 0 Å². The molecule has 11 aromatic rings. The van der Waals surface area contributed by atoms with Crippen molar-refractivity contribution in [3.63, 3.8) is 0 Å². The number of benzene rings is 9. The van der Waals surface area contributed by atoms with Crippen LogP contribution in [0.25, 0.3) is 89.0 Å². The average Bonchev–Trinajstić information content (AvgIpc) is 1.49. The molecular formula is C81H81BN4. The number of anilines is 2. The van der Waals surface area contributed by atoms with Gasteiger partial charge in [0.15, 0.2) is 7.28 Å². The second-order valence-electron chi connectivity index (χ2n) is 31.4. The summed E-state index contributed by atoms with van der Waals surface area (Å²) in [6.07, 6.45) is 4.66. The molecule has 4 nitrogen and oxygen atoms in total. The number of nitrogens with zero attached hydrogens (tertiary/aromatic N) is 3. The number of rotatable bonds is 5. The van der Waals surface area contributed by atoms with E-state index in [4.69, 9.17) is 4.98 Å². The molecule has 16 rings (SSSR count). The highest BCUT2D eigenvalue weighted by Crippen LogP contribution is 2.61. The zero-order chi connectivity index (χ0) is 59.7. The van der Waals surface area contributed by atoms with Crippen LogP contribution in [-0.4, -0.2) is 21.4 Å². The quantitative estimate of drug-likeness (QED) is 0.174. The van der Waals surface area contributed by atoms with Crippen LogP contribution in [0.3, 0.4) is 0 Å². The monoisotopic (exact) mass is 1120 g/mol. The number of hydrogen-bond donors (Lipinski definition) is 1. The third-order valence-electron chi connectivity index (χ3n) is 22.4. The molecule has 0 atom stereocenters. The minimum absolute atomic E-state index is 0.00347. The van der Waals surface area contributed by atoms with Crippen LogP contribution in [0.4, 0.5) is 11.4 Å². The normalized spacial score (nSPS) is 18.2. The molecule has 0 radical (unpaired) electrons. The number of aromatic nitrogens is 3. The molecule has 428 valence electrons. The molecule has 0 spiro atoms. The van der Waals surface area contributed by atoms with Gasteiger partial charge in [0.05, 0.1) is 16.6 Å². The summed E-state index contributed by atoms with van der Waals surface area (Å²) < 4.78 is 5.15. The minimum atomic E-state index is -0.349. The predicted octanol–water partition coefficient (Wildman–Crippen LogP) is 19.5. The van der Waals surface area contributed by atoms with E-state index in [0.717, 1.165) is 59.6 Å². The zero-order valence-electron chi connectivity index (χ0n) is 53.4. The lowest BCUT2D eigenvalue weighted by Gasteiger charge is -2.42. The number of nitrogens with one attached hydrogen (secondary N) is 1. The highest BCUT2D eigenvalue weighted by molar-refractivity contribution is 6.74. The first-order valence-electron chi connectivity index (χ1n) is 32.0. The molecule has 4 aliphatic carbocycles. The Morgan fingerprint density at radius 2 is 1.05 bits per heavy atom. The average molecular weight is 1120 g/mol. The maximum Gasteiger partial charge on any atom is 0.198 e. The first kappa shape index (κ1) is 53.6. The van der Waals surface area contributed by atoms with Gasteiger partial charge in [-0.3, -0.25) is 4.57 Å². The fraction of sp³-hybridized carbons (Fsp3) is 0.321. The van der Waals surface area contributed by atoms with E-state index in [0.29, 0.717) is 0 Å².